The normalized spacial score (nSPS) is 46.1. The zero-order valence-corrected chi connectivity index (χ0v) is 11.2. The molecule has 2 bridgehead atoms. The van der Waals surface area contributed by atoms with Crippen LogP contribution in [0.1, 0.15) is 59.8 Å². The molecule has 0 aromatic heterocycles. The minimum atomic E-state index is -0.394. The monoisotopic (exact) mass is 222 g/mol. The van der Waals surface area contributed by atoms with Crippen LogP contribution in [0.3, 0.4) is 0 Å². The van der Waals surface area contributed by atoms with Gasteiger partial charge in [-0.2, -0.15) is 0 Å². The summed E-state index contributed by atoms with van der Waals surface area (Å²) in [4.78, 5) is 0. The molecule has 1 heteroatoms. The predicted octanol–water partition coefficient (Wildman–Crippen LogP) is 3.92. The molecular formula is C15H26O. The number of fused-ring (bicyclic) bond motifs is 2. The van der Waals surface area contributed by atoms with Gasteiger partial charge in [-0.25, -0.2) is 0 Å². The fraction of sp³-hybridized carbons (Fsp3) is 0.867. The summed E-state index contributed by atoms with van der Waals surface area (Å²) in [5.74, 6) is 1.42. The van der Waals surface area contributed by atoms with Gasteiger partial charge in [0.15, 0.2) is 0 Å². The first kappa shape index (κ1) is 12.2. The molecule has 0 saturated heterocycles. The van der Waals surface area contributed by atoms with Crippen molar-refractivity contribution in [1.29, 1.82) is 0 Å². The van der Waals surface area contributed by atoms with Crippen LogP contribution in [0.15, 0.2) is 11.6 Å². The number of hydrogen-bond donors (Lipinski definition) is 1. The van der Waals surface area contributed by atoms with E-state index in [4.69, 9.17) is 0 Å². The summed E-state index contributed by atoms with van der Waals surface area (Å²) in [5, 5.41) is 10.4. The lowest BCUT2D eigenvalue weighted by Crippen LogP contribution is -2.61. The summed E-state index contributed by atoms with van der Waals surface area (Å²) in [6, 6.07) is 0. The van der Waals surface area contributed by atoms with Gasteiger partial charge in [0.1, 0.15) is 0 Å². The molecule has 3 rings (SSSR count). The van der Waals surface area contributed by atoms with Gasteiger partial charge in [0.25, 0.3) is 0 Å². The van der Waals surface area contributed by atoms with E-state index in [9.17, 15) is 5.11 Å². The van der Waals surface area contributed by atoms with Crippen molar-refractivity contribution in [3.8, 4) is 0 Å². The summed E-state index contributed by atoms with van der Waals surface area (Å²) >= 11 is 0. The van der Waals surface area contributed by atoms with Crippen LogP contribution in [-0.2, 0) is 0 Å². The van der Waals surface area contributed by atoms with E-state index in [0.29, 0.717) is 11.3 Å². The summed E-state index contributed by atoms with van der Waals surface area (Å²) in [6.45, 7) is 8.78. The van der Waals surface area contributed by atoms with Gasteiger partial charge in [-0.05, 0) is 70.1 Å². The molecule has 1 unspecified atom stereocenters. The van der Waals surface area contributed by atoms with E-state index < -0.39 is 5.60 Å². The molecule has 0 heterocycles. The van der Waals surface area contributed by atoms with Gasteiger partial charge in [0.05, 0.1) is 5.60 Å². The molecule has 0 amide bonds. The van der Waals surface area contributed by atoms with Crippen molar-refractivity contribution in [2.75, 3.05) is 0 Å². The van der Waals surface area contributed by atoms with Crippen LogP contribution in [0.2, 0.25) is 0 Å². The third-order valence-electron chi connectivity index (χ3n) is 5.23. The van der Waals surface area contributed by atoms with Crippen molar-refractivity contribution in [1.82, 2.24) is 0 Å². The number of rotatable bonds is 3. The quantitative estimate of drug-likeness (QED) is 0.718. The topological polar surface area (TPSA) is 20.2 Å². The molecule has 0 aromatic rings. The highest BCUT2D eigenvalue weighted by atomic mass is 16.3. The Morgan fingerprint density at radius 1 is 1.38 bits per heavy atom. The molecule has 3 aliphatic carbocycles. The van der Waals surface area contributed by atoms with Crippen LogP contribution in [0.4, 0.5) is 0 Å². The minimum absolute atomic E-state index is 0.394. The highest BCUT2D eigenvalue weighted by Gasteiger charge is 2.60. The van der Waals surface area contributed by atoms with Crippen molar-refractivity contribution in [3.05, 3.63) is 11.6 Å². The molecule has 4 atom stereocenters. The fourth-order valence-corrected chi connectivity index (χ4v) is 4.05. The van der Waals surface area contributed by atoms with E-state index in [2.05, 4.69) is 26.8 Å². The Morgan fingerprint density at radius 2 is 2.06 bits per heavy atom. The SMILES string of the molecule is CC(C)=CCCC1(C)[C@H]2CC[C@@](C)(O)[C@H]1C2. The average molecular weight is 222 g/mol. The fourth-order valence-electron chi connectivity index (χ4n) is 4.05. The zero-order chi connectivity index (χ0) is 12.0. The lowest BCUT2D eigenvalue weighted by atomic mass is 9.42. The summed E-state index contributed by atoms with van der Waals surface area (Å²) in [6.07, 6.45) is 8.29. The second-order valence-electron chi connectivity index (χ2n) is 6.71. The van der Waals surface area contributed by atoms with Gasteiger partial charge in [-0.1, -0.05) is 18.6 Å². The maximum atomic E-state index is 10.4. The molecule has 3 aliphatic rings. The molecule has 3 fully saturated rings. The molecule has 92 valence electrons. The summed E-state index contributed by atoms with van der Waals surface area (Å²) in [5.41, 5.74) is 1.43. The second-order valence-corrected chi connectivity index (χ2v) is 6.71. The van der Waals surface area contributed by atoms with Crippen molar-refractivity contribution >= 4 is 0 Å². The number of allylic oxidation sites excluding steroid dienone is 2. The number of aliphatic hydroxyl groups is 1. The molecule has 0 spiro atoms. The van der Waals surface area contributed by atoms with E-state index in [0.717, 1.165) is 12.3 Å². The van der Waals surface area contributed by atoms with Crippen molar-refractivity contribution in [2.45, 2.75) is 65.4 Å². The van der Waals surface area contributed by atoms with Gasteiger partial charge < -0.3 is 5.11 Å². The Labute approximate surface area is 99.9 Å². The zero-order valence-electron chi connectivity index (χ0n) is 11.2. The maximum absolute atomic E-state index is 10.4. The van der Waals surface area contributed by atoms with E-state index in [-0.39, 0.29) is 0 Å². The lowest BCUT2D eigenvalue weighted by molar-refractivity contribution is -0.203. The third-order valence-corrected chi connectivity index (χ3v) is 5.23. The first-order chi connectivity index (χ1) is 7.36. The average Bonchev–Trinajstić information content (AvgIpc) is 2.14. The summed E-state index contributed by atoms with van der Waals surface area (Å²) in [7, 11) is 0. The van der Waals surface area contributed by atoms with Crippen LogP contribution in [0.25, 0.3) is 0 Å². The first-order valence-corrected chi connectivity index (χ1v) is 6.72. The van der Waals surface area contributed by atoms with Crippen molar-refractivity contribution in [3.63, 3.8) is 0 Å². The Balaban J connectivity index is 2.01. The van der Waals surface area contributed by atoms with Gasteiger partial charge in [-0.15, -0.1) is 0 Å². The molecule has 1 nitrogen and oxygen atoms in total. The second kappa shape index (κ2) is 3.87. The molecule has 0 aliphatic heterocycles. The Morgan fingerprint density at radius 3 is 2.56 bits per heavy atom. The van der Waals surface area contributed by atoms with E-state index in [1.807, 2.05) is 6.92 Å². The van der Waals surface area contributed by atoms with Gasteiger partial charge in [0.2, 0.25) is 0 Å². The smallest absolute Gasteiger partial charge is 0.0653 e. The van der Waals surface area contributed by atoms with Crippen LogP contribution >= 0.6 is 0 Å². The van der Waals surface area contributed by atoms with E-state index >= 15 is 0 Å². The van der Waals surface area contributed by atoms with Crippen molar-refractivity contribution in [2.24, 2.45) is 17.3 Å². The Hall–Kier alpha value is -0.300. The minimum Gasteiger partial charge on any atom is -0.390 e. The summed E-state index contributed by atoms with van der Waals surface area (Å²) < 4.78 is 0. The van der Waals surface area contributed by atoms with Crippen molar-refractivity contribution < 1.29 is 5.11 Å². The standard InChI is InChI=1S/C15H26O/c1-11(2)6-5-8-14(3)12-7-9-15(4,16)13(14)10-12/h6,12-13,16H,5,7-10H2,1-4H3/t12-,13-,14?,15+/m0/s1. The first-order valence-electron chi connectivity index (χ1n) is 6.72. The largest absolute Gasteiger partial charge is 0.390 e. The molecule has 0 aromatic carbocycles. The van der Waals surface area contributed by atoms with E-state index in [1.54, 1.807) is 0 Å². The highest BCUT2D eigenvalue weighted by Crippen LogP contribution is 2.64. The van der Waals surface area contributed by atoms with Gasteiger partial charge >= 0.3 is 0 Å². The number of hydrogen-bond acceptors (Lipinski definition) is 1. The Bertz CT molecular complexity index is 297. The van der Waals surface area contributed by atoms with Crippen LogP contribution in [-0.4, -0.2) is 10.7 Å². The van der Waals surface area contributed by atoms with Crippen LogP contribution in [0, 0.1) is 17.3 Å². The van der Waals surface area contributed by atoms with Crippen LogP contribution < -0.4 is 0 Å². The highest BCUT2D eigenvalue weighted by molar-refractivity contribution is 5.11. The third kappa shape index (κ3) is 1.84. The molecule has 0 radical (unpaired) electrons. The molecule has 1 N–H and O–H groups in total. The van der Waals surface area contributed by atoms with Gasteiger partial charge in [-0.3, -0.25) is 0 Å². The van der Waals surface area contributed by atoms with Gasteiger partial charge in [0, 0.05) is 0 Å². The molecule has 16 heavy (non-hydrogen) atoms. The maximum Gasteiger partial charge on any atom is 0.0653 e. The predicted molar refractivity (Wildman–Crippen MR) is 68.2 cm³/mol. The van der Waals surface area contributed by atoms with Crippen LogP contribution in [0.5, 0.6) is 0 Å². The van der Waals surface area contributed by atoms with E-state index in [1.165, 1.54) is 31.3 Å². The Kier molecular flexibility index (Phi) is 2.94. The molecular weight excluding hydrogens is 196 g/mol. The molecule has 3 saturated carbocycles. The lowest BCUT2D eigenvalue weighted by Gasteiger charge is -2.64.